The van der Waals surface area contributed by atoms with Gasteiger partial charge in [-0.05, 0) is 11.8 Å². The predicted molar refractivity (Wildman–Crippen MR) is 156 cm³/mol. The van der Waals surface area contributed by atoms with Gasteiger partial charge in [0.25, 0.3) is 34.1 Å². The fourth-order valence-electron chi connectivity index (χ4n) is 2.94. The van der Waals surface area contributed by atoms with Crippen LogP contribution in [0, 0.1) is 60.7 Å². The molecule has 4 N–H and O–H groups in total. The summed E-state index contributed by atoms with van der Waals surface area (Å²) in [7, 11) is 0. The molecular weight excluding hydrogens is 810 g/mol. The summed E-state index contributed by atoms with van der Waals surface area (Å²) in [5, 5.41) is 129. The molecule has 0 spiro atoms. The summed E-state index contributed by atoms with van der Waals surface area (Å²) in [5.41, 5.74) is -6.53. The molecule has 288 valence electrons. The number of non-ortho nitro benzene ring substituents is 2. The monoisotopic (exact) mass is 832 g/mol. The molecule has 2 aromatic rings. The van der Waals surface area contributed by atoms with Crippen molar-refractivity contribution in [3.05, 3.63) is 85.0 Å². The van der Waals surface area contributed by atoms with Gasteiger partial charge >= 0.3 is 33.0 Å². The first kappa shape index (κ1) is 50.6. The quantitative estimate of drug-likeness (QED) is 0.0320. The fourth-order valence-corrected chi connectivity index (χ4v) is 2.94. The van der Waals surface area contributed by atoms with Crippen LogP contribution in [0.4, 0.5) is 34.1 Å². The first-order valence-corrected chi connectivity index (χ1v) is 13.0. The van der Waals surface area contributed by atoms with Crippen molar-refractivity contribution in [1.82, 2.24) is 10.6 Å². The maximum absolute atomic E-state index is 11.1. The number of nitrogens with zero attached hydrogens (tertiary/aromatic N) is 8. The summed E-state index contributed by atoms with van der Waals surface area (Å²) in [5.74, 6) is -4.63. The molecule has 30 heteroatoms. The van der Waals surface area contributed by atoms with E-state index in [1.165, 1.54) is 0 Å². The zero-order valence-corrected chi connectivity index (χ0v) is 27.6. The molecule has 28 nitrogen and oxygen atoms in total. The van der Waals surface area contributed by atoms with Gasteiger partial charge in [-0.15, -0.1) is 0 Å². The maximum atomic E-state index is 11.1. The van der Waals surface area contributed by atoms with Gasteiger partial charge in [-0.1, -0.05) is 0 Å². The Hall–Kier alpha value is -5.79. The second-order valence-electron chi connectivity index (χ2n) is 8.49. The van der Waals surface area contributed by atoms with E-state index >= 15 is 0 Å². The van der Waals surface area contributed by atoms with Crippen LogP contribution in [-0.2, 0) is 33.0 Å². The SMILES string of the molecule is O=[N+]([O-])c1cc([N+](=O)[O-])c([O-])c([N+](=O)[O-])c1.O=[N+]([O-])c1cc([N+](=O)[O-])c([O-])c([N+](=O)[O-])c1.[Ni+3].[Ni+3].[O-]C(=NCCNCCO)C([O-])=NCCNCCO. The molecule has 0 heterocycles. The second-order valence-corrected chi connectivity index (χ2v) is 8.49. The van der Waals surface area contributed by atoms with Gasteiger partial charge in [0.15, 0.2) is 0 Å². The third-order valence-corrected chi connectivity index (χ3v) is 5.13. The van der Waals surface area contributed by atoms with Crippen LogP contribution in [0.3, 0.4) is 0 Å². The molecule has 0 saturated heterocycles. The minimum atomic E-state index is -1.46. The fraction of sp³-hybridized carbons (Fsp3) is 0.364. The van der Waals surface area contributed by atoms with Crippen LogP contribution in [0.2, 0.25) is 0 Å². The van der Waals surface area contributed by atoms with Gasteiger partial charge < -0.3 is 41.3 Å². The zero-order chi connectivity index (χ0) is 38.6. The summed E-state index contributed by atoms with van der Waals surface area (Å²) < 4.78 is 0. The molecule has 0 atom stereocenters. The Labute approximate surface area is 308 Å². The van der Waals surface area contributed by atoms with Crippen molar-refractivity contribution in [2.24, 2.45) is 9.98 Å². The van der Waals surface area contributed by atoms with E-state index in [0.29, 0.717) is 50.4 Å². The van der Waals surface area contributed by atoms with E-state index < -0.39 is 87.0 Å². The molecule has 0 unspecified atom stereocenters. The van der Waals surface area contributed by atoms with E-state index in [1.807, 2.05) is 0 Å². The smallest absolute Gasteiger partial charge is 0.863 e. The summed E-state index contributed by atoms with van der Waals surface area (Å²) >= 11 is 0. The number of aliphatic hydroxyl groups excluding tert-OH is 2. The molecule has 0 aliphatic rings. The number of hydrogen-bond acceptors (Lipinski definition) is 22. The van der Waals surface area contributed by atoms with Crippen LogP contribution in [0.5, 0.6) is 11.5 Å². The molecule has 0 aromatic heterocycles. The van der Waals surface area contributed by atoms with E-state index in [2.05, 4.69) is 20.6 Å². The van der Waals surface area contributed by atoms with Crippen LogP contribution in [0.15, 0.2) is 34.3 Å². The number of nitro benzene ring substituents is 6. The predicted octanol–water partition coefficient (Wildman–Crippen LogP) is -3.37. The van der Waals surface area contributed by atoms with Crippen molar-refractivity contribution < 1.29 is 93.2 Å². The Balaban J connectivity index is -0.000000681. The number of nitrogens with one attached hydrogen (secondary N) is 2. The number of rotatable bonds is 16. The molecule has 0 amide bonds. The van der Waals surface area contributed by atoms with Gasteiger partial charge in [0.1, 0.15) is 0 Å². The van der Waals surface area contributed by atoms with Crippen LogP contribution >= 0.6 is 0 Å². The Morgan fingerprint density at radius 1 is 0.519 bits per heavy atom. The number of benzene rings is 2. The van der Waals surface area contributed by atoms with Crippen LogP contribution in [0.25, 0.3) is 0 Å². The van der Waals surface area contributed by atoms with Gasteiger partial charge in [-0.25, -0.2) is 0 Å². The summed E-state index contributed by atoms with van der Waals surface area (Å²) in [6.07, 6.45) is 0. The molecule has 0 bridgehead atoms. The van der Waals surface area contributed by atoms with Crippen molar-refractivity contribution in [3.63, 3.8) is 0 Å². The van der Waals surface area contributed by atoms with Gasteiger partial charge in [0.2, 0.25) is 0 Å². The summed E-state index contributed by atoms with van der Waals surface area (Å²) in [6.45, 7) is 2.12. The Kier molecular flexibility index (Phi) is 25.4. The zero-order valence-electron chi connectivity index (χ0n) is 25.6. The number of hydrogen-bond donors (Lipinski definition) is 4. The maximum Gasteiger partial charge on any atom is 3.00 e. The number of nitro groups is 6. The van der Waals surface area contributed by atoms with Gasteiger partial charge in [-0.3, -0.25) is 70.7 Å². The van der Waals surface area contributed by atoms with Gasteiger partial charge in [0, 0.05) is 26.2 Å². The van der Waals surface area contributed by atoms with Gasteiger partial charge in [-0.2, -0.15) is 0 Å². The van der Waals surface area contributed by atoms with Crippen molar-refractivity contribution in [2.75, 3.05) is 52.5 Å². The molecule has 0 saturated carbocycles. The van der Waals surface area contributed by atoms with Crippen LogP contribution in [-0.4, -0.2) is 104 Å². The van der Waals surface area contributed by atoms with E-state index in [0.717, 1.165) is 0 Å². The molecule has 0 aliphatic carbocycles. The van der Waals surface area contributed by atoms with Crippen molar-refractivity contribution in [1.29, 1.82) is 0 Å². The van der Waals surface area contributed by atoms with Crippen molar-refractivity contribution >= 4 is 45.9 Å². The minimum absolute atomic E-state index is 0. The molecule has 52 heavy (non-hydrogen) atoms. The molecule has 2 radical (unpaired) electrons. The summed E-state index contributed by atoms with van der Waals surface area (Å²) in [6, 6.07) is 1.54. The number of aliphatic hydroxyl groups is 2. The molecular formula is C22H24N10Ni2O18+2. The Bertz CT molecular complexity index is 1440. The van der Waals surface area contributed by atoms with E-state index in [-0.39, 0.29) is 59.3 Å². The van der Waals surface area contributed by atoms with E-state index in [4.69, 9.17) is 10.2 Å². The summed E-state index contributed by atoms with van der Waals surface area (Å²) in [4.78, 5) is 62.1. The first-order chi connectivity index (χ1) is 23.4. The first-order valence-electron chi connectivity index (χ1n) is 13.0. The second kappa shape index (κ2) is 26.1. The Morgan fingerprint density at radius 3 is 0.962 bits per heavy atom. The average Bonchev–Trinajstić information content (AvgIpc) is 3.04. The van der Waals surface area contributed by atoms with E-state index in [1.54, 1.807) is 0 Å². The topological polar surface area (TPSA) is 440 Å². The van der Waals surface area contributed by atoms with E-state index in [9.17, 15) is 81.1 Å². The van der Waals surface area contributed by atoms with Crippen LogP contribution in [0.1, 0.15) is 0 Å². The minimum Gasteiger partial charge on any atom is -0.863 e. The standard InChI is InChI=1S/C10H22N4O4.2C6H3N3O7.2Ni/c15-7-5-11-1-3-13-9(17)10(18)14-4-2-12-6-8-16;2*10-6-4(8(13)14)1-3(7(11)12)2-5(6)9(15)16;;/h11-12,15-16H,1-8H2,(H,13,17)(H,14,18);2*1-2,10H;;/q;;;2*+3/p-4. The molecule has 0 fully saturated rings. The van der Waals surface area contributed by atoms with Gasteiger partial charge in [0.05, 0.1) is 91.6 Å². The van der Waals surface area contributed by atoms with Crippen molar-refractivity contribution in [3.8, 4) is 11.5 Å². The molecule has 2 aromatic carbocycles. The largest absolute Gasteiger partial charge is 3.00 e. The third kappa shape index (κ3) is 17.7. The van der Waals surface area contributed by atoms with Crippen molar-refractivity contribution in [2.45, 2.75) is 0 Å². The third-order valence-electron chi connectivity index (χ3n) is 5.13. The molecule has 0 aliphatic heterocycles. The Morgan fingerprint density at radius 2 is 0.769 bits per heavy atom. The average molecular weight is 834 g/mol. The normalized spacial score (nSPS) is 10.5. The number of aliphatic imine (C=N–C) groups is 2. The molecule has 2 rings (SSSR count). The van der Waals surface area contributed by atoms with Crippen LogP contribution < -0.4 is 31.1 Å².